The molecule has 0 radical (unpaired) electrons. The molecule has 0 aliphatic carbocycles. The van der Waals surface area contributed by atoms with Crippen LogP contribution < -0.4 is 4.72 Å². The van der Waals surface area contributed by atoms with E-state index < -0.39 is 16.3 Å². The molecule has 1 fully saturated rings. The zero-order valence-corrected chi connectivity index (χ0v) is 13.2. The molecule has 0 bridgehead atoms. The Balaban J connectivity index is 1.97. The summed E-state index contributed by atoms with van der Waals surface area (Å²) in [6, 6.07) is 9.10. The Morgan fingerprint density at radius 2 is 1.90 bits per heavy atom. The molecular weight excluding hydrogens is 288 g/mol. The maximum atomic E-state index is 12.4. The van der Waals surface area contributed by atoms with Crippen LogP contribution >= 0.6 is 0 Å². The molecule has 1 aromatic carbocycles. The molecule has 21 heavy (non-hydrogen) atoms. The van der Waals surface area contributed by atoms with Crippen LogP contribution in [0.25, 0.3) is 0 Å². The highest BCUT2D eigenvalue weighted by molar-refractivity contribution is 7.87. The second kappa shape index (κ2) is 7.35. The largest absolute Gasteiger partial charge is 0.395 e. The summed E-state index contributed by atoms with van der Waals surface area (Å²) in [5.74, 6) is 0.578. The lowest BCUT2D eigenvalue weighted by Gasteiger charge is -2.30. The average molecular weight is 312 g/mol. The first-order valence-corrected chi connectivity index (χ1v) is 8.87. The Morgan fingerprint density at radius 3 is 2.48 bits per heavy atom. The standard InChI is InChI=1S/C15H24N2O3S/c1-13-7-9-17(10-8-13)21(19,20)16-15(12-18)11-14-5-3-2-4-6-14/h2-6,13,15-16,18H,7-12H2,1H3/t15-/m1/s1. The molecule has 0 aromatic heterocycles. The van der Waals surface area contributed by atoms with Gasteiger partial charge >= 0.3 is 0 Å². The van der Waals surface area contributed by atoms with Gasteiger partial charge in [0.2, 0.25) is 0 Å². The summed E-state index contributed by atoms with van der Waals surface area (Å²) in [5, 5.41) is 9.45. The number of aliphatic hydroxyl groups excluding tert-OH is 1. The van der Waals surface area contributed by atoms with Crippen molar-refractivity contribution < 1.29 is 13.5 Å². The topological polar surface area (TPSA) is 69.6 Å². The van der Waals surface area contributed by atoms with E-state index in [1.165, 1.54) is 4.31 Å². The second-order valence-electron chi connectivity index (χ2n) is 5.77. The first-order chi connectivity index (χ1) is 10.0. The van der Waals surface area contributed by atoms with Crippen LogP contribution in [-0.4, -0.2) is 43.6 Å². The summed E-state index contributed by atoms with van der Waals surface area (Å²) in [6.45, 7) is 3.04. The SMILES string of the molecule is CC1CCN(S(=O)(=O)N[C@@H](CO)Cc2ccccc2)CC1. The van der Waals surface area contributed by atoms with Crippen LogP contribution in [0.4, 0.5) is 0 Å². The second-order valence-corrected chi connectivity index (χ2v) is 7.48. The van der Waals surface area contributed by atoms with E-state index in [-0.39, 0.29) is 6.61 Å². The van der Waals surface area contributed by atoms with Crippen LogP contribution in [0.5, 0.6) is 0 Å². The molecule has 1 aromatic rings. The lowest BCUT2D eigenvalue weighted by Crippen LogP contribution is -2.49. The Morgan fingerprint density at radius 1 is 1.29 bits per heavy atom. The molecule has 5 nitrogen and oxygen atoms in total. The highest BCUT2D eigenvalue weighted by atomic mass is 32.2. The zero-order valence-electron chi connectivity index (χ0n) is 12.4. The molecule has 0 amide bonds. The van der Waals surface area contributed by atoms with Gasteiger partial charge in [0.25, 0.3) is 10.2 Å². The molecule has 1 saturated heterocycles. The van der Waals surface area contributed by atoms with Crippen LogP contribution in [0.15, 0.2) is 30.3 Å². The van der Waals surface area contributed by atoms with Gasteiger partial charge in [0.1, 0.15) is 0 Å². The molecule has 6 heteroatoms. The molecular formula is C15H24N2O3S. The molecule has 118 valence electrons. The van der Waals surface area contributed by atoms with Crippen molar-refractivity contribution in [2.75, 3.05) is 19.7 Å². The van der Waals surface area contributed by atoms with Crippen molar-refractivity contribution in [3.8, 4) is 0 Å². The molecule has 0 spiro atoms. The van der Waals surface area contributed by atoms with Crippen molar-refractivity contribution in [3.05, 3.63) is 35.9 Å². The van der Waals surface area contributed by atoms with Crippen LogP contribution in [0.3, 0.4) is 0 Å². The number of hydrogen-bond donors (Lipinski definition) is 2. The zero-order chi connectivity index (χ0) is 15.3. The van der Waals surface area contributed by atoms with Crippen molar-refractivity contribution in [3.63, 3.8) is 0 Å². The highest BCUT2D eigenvalue weighted by Crippen LogP contribution is 2.18. The first kappa shape index (κ1) is 16.4. The lowest BCUT2D eigenvalue weighted by atomic mass is 10.0. The van der Waals surface area contributed by atoms with E-state index in [1.807, 2.05) is 30.3 Å². The van der Waals surface area contributed by atoms with E-state index in [2.05, 4.69) is 11.6 Å². The fraction of sp³-hybridized carbons (Fsp3) is 0.600. The number of benzene rings is 1. The predicted octanol–water partition coefficient (Wildman–Crippen LogP) is 1.16. The normalized spacial score (nSPS) is 19.5. The first-order valence-electron chi connectivity index (χ1n) is 7.43. The molecule has 0 saturated carbocycles. The summed E-state index contributed by atoms with van der Waals surface area (Å²) in [4.78, 5) is 0. The summed E-state index contributed by atoms with van der Waals surface area (Å²) < 4.78 is 28.8. The predicted molar refractivity (Wildman–Crippen MR) is 83.0 cm³/mol. The number of nitrogens with one attached hydrogen (secondary N) is 1. The van der Waals surface area contributed by atoms with Gasteiger partial charge in [0.05, 0.1) is 12.6 Å². The van der Waals surface area contributed by atoms with Crippen molar-refractivity contribution in [1.29, 1.82) is 0 Å². The fourth-order valence-corrected chi connectivity index (χ4v) is 3.97. The maximum absolute atomic E-state index is 12.4. The number of piperidine rings is 1. The van der Waals surface area contributed by atoms with Gasteiger partial charge in [0.15, 0.2) is 0 Å². The fourth-order valence-electron chi connectivity index (χ4n) is 2.55. The van der Waals surface area contributed by atoms with Crippen molar-refractivity contribution >= 4 is 10.2 Å². The van der Waals surface area contributed by atoms with Gasteiger partial charge in [-0.2, -0.15) is 17.4 Å². The molecule has 1 aliphatic rings. The molecule has 1 aliphatic heterocycles. The van der Waals surface area contributed by atoms with Crippen molar-refractivity contribution in [2.24, 2.45) is 5.92 Å². The maximum Gasteiger partial charge on any atom is 0.279 e. The van der Waals surface area contributed by atoms with Gasteiger partial charge in [-0.15, -0.1) is 0 Å². The van der Waals surface area contributed by atoms with Gasteiger partial charge < -0.3 is 5.11 Å². The summed E-state index contributed by atoms with van der Waals surface area (Å²) in [6.07, 6.45) is 2.27. The van der Waals surface area contributed by atoms with Gasteiger partial charge in [0, 0.05) is 13.1 Å². The van der Waals surface area contributed by atoms with Gasteiger partial charge in [-0.3, -0.25) is 0 Å². The Kier molecular flexibility index (Phi) is 5.75. The third-order valence-electron chi connectivity index (χ3n) is 3.94. The molecule has 2 rings (SSSR count). The van der Waals surface area contributed by atoms with Crippen molar-refractivity contribution in [2.45, 2.75) is 32.2 Å². The minimum absolute atomic E-state index is 0.210. The molecule has 1 atom stereocenters. The van der Waals surface area contributed by atoms with E-state index in [4.69, 9.17) is 0 Å². The van der Waals surface area contributed by atoms with Crippen LogP contribution in [0.2, 0.25) is 0 Å². The summed E-state index contributed by atoms with van der Waals surface area (Å²) in [5.41, 5.74) is 1.01. The summed E-state index contributed by atoms with van der Waals surface area (Å²) in [7, 11) is -3.51. The minimum Gasteiger partial charge on any atom is -0.395 e. The smallest absolute Gasteiger partial charge is 0.279 e. The highest BCUT2D eigenvalue weighted by Gasteiger charge is 2.28. The van der Waals surface area contributed by atoms with E-state index in [0.717, 1.165) is 18.4 Å². The molecule has 1 heterocycles. The Bertz CT molecular complexity index is 525. The number of rotatable bonds is 6. The average Bonchev–Trinajstić information content (AvgIpc) is 2.48. The Hall–Kier alpha value is -0.950. The quantitative estimate of drug-likeness (QED) is 0.828. The Labute approximate surface area is 127 Å². The number of hydrogen-bond acceptors (Lipinski definition) is 3. The monoisotopic (exact) mass is 312 g/mol. The van der Waals surface area contributed by atoms with E-state index in [1.54, 1.807) is 0 Å². The third-order valence-corrected chi connectivity index (χ3v) is 5.62. The number of aliphatic hydroxyl groups is 1. The van der Waals surface area contributed by atoms with Crippen LogP contribution in [-0.2, 0) is 16.6 Å². The lowest BCUT2D eigenvalue weighted by molar-refractivity contribution is 0.247. The van der Waals surface area contributed by atoms with E-state index >= 15 is 0 Å². The van der Waals surface area contributed by atoms with Crippen LogP contribution in [0, 0.1) is 5.92 Å². The van der Waals surface area contributed by atoms with E-state index in [9.17, 15) is 13.5 Å². The van der Waals surface area contributed by atoms with E-state index in [0.29, 0.717) is 25.4 Å². The molecule has 0 unspecified atom stereocenters. The van der Waals surface area contributed by atoms with Gasteiger partial charge in [-0.25, -0.2) is 0 Å². The van der Waals surface area contributed by atoms with Gasteiger partial charge in [-0.1, -0.05) is 37.3 Å². The van der Waals surface area contributed by atoms with Crippen molar-refractivity contribution in [1.82, 2.24) is 9.03 Å². The third kappa shape index (κ3) is 4.78. The molecule has 2 N–H and O–H groups in total. The minimum atomic E-state index is -3.51. The summed E-state index contributed by atoms with van der Waals surface area (Å²) >= 11 is 0. The van der Waals surface area contributed by atoms with Crippen LogP contribution in [0.1, 0.15) is 25.3 Å². The number of nitrogens with zero attached hydrogens (tertiary/aromatic N) is 1. The van der Waals surface area contributed by atoms with Gasteiger partial charge in [-0.05, 0) is 30.7 Å².